The summed E-state index contributed by atoms with van der Waals surface area (Å²) in [7, 11) is 1.56. The lowest BCUT2D eigenvalue weighted by atomic mass is 10.2. The van der Waals surface area contributed by atoms with Gasteiger partial charge in [-0.05, 0) is 67.1 Å². The van der Waals surface area contributed by atoms with Gasteiger partial charge in [0.1, 0.15) is 5.75 Å². The highest BCUT2D eigenvalue weighted by molar-refractivity contribution is 5.95. The first-order chi connectivity index (χ1) is 15.1. The van der Waals surface area contributed by atoms with Crippen molar-refractivity contribution in [1.29, 1.82) is 0 Å². The average Bonchev–Trinajstić information content (AvgIpc) is 2.81. The maximum absolute atomic E-state index is 12.4. The maximum atomic E-state index is 12.4. The summed E-state index contributed by atoms with van der Waals surface area (Å²) >= 11 is 0. The largest absolute Gasteiger partial charge is 0.497 e. The van der Waals surface area contributed by atoms with E-state index < -0.39 is 5.97 Å². The Morgan fingerprint density at radius 1 is 0.935 bits per heavy atom. The molecule has 0 radical (unpaired) electrons. The second-order valence-electron chi connectivity index (χ2n) is 6.32. The molecule has 158 valence electrons. The normalized spacial score (nSPS) is 10.5. The van der Waals surface area contributed by atoms with Crippen LogP contribution in [0.25, 0.3) is 0 Å². The Hall–Kier alpha value is -4.13. The topological polar surface area (TPSA) is 86.2 Å². The molecule has 0 aliphatic heterocycles. The summed E-state index contributed by atoms with van der Waals surface area (Å²) in [5.74, 6) is 0.498. The number of hydrazone groups is 1. The highest BCUT2D eigenvalue weighted by Gasteiger charge is 2.13. The molecule has 0 saturated carbocycles. The van der Waals surface area contributed by atoms with E-state index in [-0.39, 0.29) is 11.7 Å². The van der Waals surface area contributed by atoms with Gasteiger partial charge in [0.2, 0.25) is 0 Å². The monoisotopic (exact) mass is 418 g/mol. The average molecular weight is 418 g/mol. The summed E-state index contributed by atoms with van der Waals surface area (Å²) < 4.78 is 16.2. The van der Waals surface area contributed by atoms with Crippen LogP contribution in [-0.2, 0) is 0 Å². The molecule has 0 fully saturated rings. The standard InChI is InChI=1S/C24H22N2O5/c1-3-30-22-15-17(16-25-26-23(27)18-7-5-4-6-8-18)9-14-21(22)31-24(28)19-10-12-20(29-2)13-11-19/h4-16H,3H2,1-2H3,(H,26,27)/b25-16-. The number of benzene rings is 3. The minimum Gasteiger partial charge on any atom is -0.497 e. The third-order valence-electron chi connectivity index (χ3n) is 4.21. The predicted octanol–water partition coefficient (Wildman–Crippen LogP) is 4.08. The van der Waals surface area contributed by atoms with Gasteiger partial charge in [-0.3, -0.25) is 4.79 Å². The molecule has 0 aromatic heterocycles. The molecule has 3 rings (SSSR count). The van der Waals surface area contributed by atoms with Crippen LogP contribution in [0.2, 0.25) is 0 Å². The summed E-state index contributed by atoms with van der Waals surface area (Å²) in [5, 5.41) is 3.97. The van der Waals surface area contributed by atoms with Crippen molar-refractivity contribution in [3.8, 4) is 17.2 Å². The zero-order chi connectivity index (χ0) is 22.1. The van der Waals surface area contributed by atoms with Gasteiger partial charge < -0.3 is 14.2 Å². The fraction of sp³-hybridized carbons (Fsp3) is 0.125. The van der Waals surface area contributed by atoms with Crippen molar-refractivity contribution in [2.45, 2.75) is 6.92 Å². The van der Waals surface area contributed by atoms with Gasteiger partial charge in [0, 0.05) is 5.56 Å². The second kappa shape index (κ2) is 10.6. The number of esters is 1. The van der Waals surface area contributed by atoms with E-state index >= 15 is 0 Å². The highest BCUT2D eigenvalue weighted by atomic mass is 16.6. The van der Waals surface area contributed by atoms with Crippen LogP contribution in [0.1, 0.15) is 33.2 Å². The molecule has 3 aromatic carbocycles. The number of rotatable bonds is 8. The molecular formula is C24H22N2O5. The number of carbonyl (C=O) groups is 2. The van der Waals surface area contributed by atoms with Gasteiger partial charge in [-0.1, -0.05) is 18.2 Å². The number of amides is 1. The lowest BCUT2D eigenvalue weighted by Gasteiger charge is -2.11. The van der Waals surface area contributed by atoms with Gasteiger partial charge in [0.15, 0.2) is 11.5 Å². The lowest BCUT2D eigenvalue weighted by Crippen LogP contribution is -2.17. The third-order valence-corrected chi connectivity index (χ3v) is 4.21. The first-order valence-corrected chi connectivity index (χ1v) is 9.62. The smallest absolute Gasteiger partial charge is 0.343 e. The SMILES string of the molecule is CCOc1cc(/C=N\NC(=O)c2ccccc2)ccc1OC(=O)c1ccc(OC)cc1. The van der Waals surface area contributed by atoms with E-state index in [1.54, 1.807) is 73.8 Å². The fourth-order valence-corrected chi connectivity index (χ4v) is 2.66. The number of methoxy groups -OCH3 is 1. The van der Waals surface area contributed by atoms with Crippen LogP contribution in [-0.4, -0.2) is 31.8 Å². The molecule has 0 aliphatic rings. The second-order valence-corrected chi connectivity index (χ2v) is 6.32. The minimum absolute atomic E-state index is 0.285. The van der Waals surface area contributed by atoms with Crippen molar-refractivity contribution in [3.63, 3.8) is 0 Å². The van der Waals surface area contributed by atoms with Crippen molar-refractivity contribution in [1.82, 2.24) is 5.43 Å². The third kappa shape index (κ3) is 5.93. The van der Waals surface area contributed by atoms with Crippen LogP contribution in [0.3, 0.4) is 0 Å². The zero-order valence-electron chi connectivity index (χ0n) is 17.2. The van der Waals surface area contributed by atoms with Crippen LogP contribution in [0.15, 0.2) is 77.9 Å². The predicted molar refractivity (Wildman–Crippen MR) is 117 cm³/mol. The number of carbonyl (C=O) groups excluding carboxylic acids is 2. The number of hydrogen-bond acceptors (Lipinski definition) is 6. The van der Waals surface area contributed by atoms with Crippen molar-refractivity contribution >= 4 is 18.1 Å². The Bertz CT molecular complexity index is 1060. The van der Waals surface area contributed by atoms with E-state index in [1.807, 2.05) is 13.0 Å². The highest BCUT2D eigenvalue weighted by Crippen LogP contribution is 2.29. The van der Waals surface area contributed by atoms with Gasteiger partial charge in [-0.2, -0.15) is 5.10 Å². The Morgan fingerprint density at radius 2 is 1.68 bits per heavy atom. The quantitative estimate of drug-likeness (QED) is 0.258. The summed E-state index contributed by atoms with van der Waals surface area (Å²) in [6.45, 7) is 2.22. The van der Waals surface area contributed by atoms with Crippen molar-refractivity contribution in [2.75, 3.05) is 13.7 Å². The zero-order valence-corrected chi connectivity index (χ0v) is 17.2. The molecule has 1 amide bonds. The van der Waals surface area contributed by atoms with E-state index in [0.29, 0.717) is 34.8 Å². The van der Waals surface area contributed by atoms with Gasteiger partial charge >= 0.3 is 5.97 Å². The van der Waals surface area contributed by atoms with E-state index in [4.69, 9.17) is 14.2 Å². The number of nitrogens with one attached hydrogen (secondary N) is 1. The number of ether oxygens (including phenoxy) is 3. The van der Waals surface area contributed by atoms with Crippen molar-refractivity contribution < 1.29 is 23.8 Å². The molecule has 7 heteroatoms. The molecule has 3 aromatic rings. The number of hydrogen-bond donors (Lipinski definition) is 1. The first kappa shape index (κ1) is 21.6. The molecule has 0 aliphatic carbocycles. The van der Waals surface area contributed by atoms with Crippen LogP contribution in [0, 0.1) is 0 Å². The summed E-state index contributed by atoms with van der Waals surface area (Å²) in [4.78, 5) is 24.5. The number of nitrogens with zero attached hydrogens (tertiary/aromatic N) is 1. The molecule has 0 heterocycles. The van der Waals surface area contributed by atoms with Gasteiger partial charge in [-0.15, -0.1) is 0 Å². The molecule has 0 unspecified atom stereocenters. The maximum Gasteiger partial charge on any atom is 0.343 e. The minimum atomic E-state index is -0.514. The molecule has 31 heavy (non-hydrogen) atoms. The molecule has 0 saturated heterocycles. The van der Waals surface area contributed by atoms with Crippen LogP contribution >= 0.6 is 0 Å². The van der Waals surface area contributed by atoms with Gasteiger partial charge in [-0.25, -0.2) is 10.2 Å². The van der Waals surface area contributed by atoms with E-state index in [9.17, 15) is 9.59 Å². The molecule has 1 N–H and O–H groups in total. The Morgan fingerprint density at radius 3 is 2.35 bits per heavy atom. The lowest BCUT2D eigenvalue weighted by molar-refractivity contribution is 0.0728. The molecule has 0 spiro atoms. The van der Waals surface area contributed by atoms with Crippen molar-refractivity contribution in [3.05, 3.63) is 89.5 Å². The van der Waals surface area contributed by atoms with Crippen LogP contribution in [0.5, 0.6) is 17.2 Å². The van der Waals surface area contributed by atoms with E-state index in [1.165, 1.54) is 6.21 Å². The molecule has 7 nitrogen and oxygen atoms in total. The Labute approximate surface area is 180 Å². The molecule has 0 atom stereocenters. The van der Waals surface area contributed by atoms with E-state index in [2.05, 4.69) is 10.5 Å². The van der Waals surface area contributed by atoms with Gasteiger partial charge in [0.05, 0.1) is 25.5 Å². The van der Waals surface area contributed by atoms with Crippen molar-refractivity contribution in [2.24, 2.45) is 5.10 Å². The fourth-order valence-electron chi connectivity index (χ4n) is 2.66. The van der Waals surface area contributed by atoms with Crippen LogP contribution in [0.4, 0.5) is 0 Å². The van der Waals surface area contributed by atoms with E-state index in [0.717, 1.165) is 0 Å². The summed E-state index contributed by atoms with van der Waals surface area (Å²) in [5.41, 5.74) is 4.03. The first-order valence-electron chi connectivity index (χ1n) is 9.62. The summed E-state index contributed by atoms with van der Waals surface area (Å²) in [6, 6.07) is 20.4. The van der Waals surface area contributed by atoms with Gasteiger partial charge in [0.25, 0.3) is 5.91 Å². The Kier molecular flexibility index (Phi) is 7.37. The molecule has 0 bridgehead atoms. The molecular weight excluding hydrogens is 396 g/mol. The Balaban J connectivity index is 1.69. The summed E-state index contributed by atoms with van der Waals surface area (Å²) in [6.07, 6.45) is 1.48. The van der Waals surface area contributed by atoms with Crippen LogP contribution < -0.4 is 19.6 Å².